The lowest BCUT2D eigenvalue weighted by atomic mass is 10.1. The maximum atomic E-state index is 13.5. The van der Waals surface area contributed by atoms with E-state index in [1.165, 1.54) is 12.1 Å². The molecule has 1 aromatic carbocycles. The topological polar surface area (TPSA) is 34.4 Å². The lowest BCUT2D eigenvalue weighted by Gasteiger charge is -2.03. The third-order valence-electron chi connectivity index (χ3n) is 2.90. The van der Waals surface area contributed by atoms with Crippen LogP contribution in [-0.4, -0.2) is 13.7 Å². The molecule has 0 bridgehead atoms. The Morgan fingerprint density at radius 3 is 2.89 bits per heavy atom. The molecule has 0 atom stereocenters. The van der Waals surface area contributed by atoms with E-state index in [9.17, 15) is 4.39 Å². The van der Waals surface area contributed by atoms with Crippen molar-refractivity contribution in [3.8, 4) is 0 Å². The molecule has 1 heterocycles. The summed E-state index contributed by atoms with van der Waals surface area (Å²) < 4.78 is 24.4. The second kappa shape index (κ2) is 6.37. The molecular weight excluding hydrogens is 269 g/mol. The Kier molecular flexibility index (Phi) is 4.80. The van der Waals surface area contributed by atoms with Crippen LogP contribution in [0.5, 0.6) is 0 Å². The Labute approximate surface area is 116 Å². The first-order valence-electron chi connectivity index (χ1n) is 6.26. The molecule has 0 aliphatic carbocycles. The smallest absolute Gasteiger partial charge is 0.153 e. The van der Waals surface area contributed by atoms with Crippen molar-refractivity contribution in [1.82, 2.24) is 5.32 Å². The number of fused-ring (bicyclic) bond motifs is 1. The fourth-order valence-electron chi connectivity index (χ4n) is 2.05. The predicted molar refractivity (Wildman–Crippen MR) is 73.9 cm³/mol. The summed E-state index contributed by atoms with van der Waals surface area (Å²) in [5.74, 6) is 0.376. The molecule has 1 aromatic heterocycles. The zero-order chi connectivity index (χ0) is 13.8. The number of methoxy groups -OCH3 is 1. The minimum atomic E-state index is -0.372. The third-order valence-corrected chi connectivity index (χ3v) is 3.18. The molecule has 0 radical (unpaired) electrons. The van der Waals surface area contributed by atoms with E-state index in [2.05, 4.69) is 12.2 Å². The average molecular weight is 286 g/mol. The summed E-state index contributed by atoms with van der Waals surface area (Å²) >= 11 is 6.01. The molecule has 0 aliphatic rings. The molecule has 0 unspecified atom stereocenters. The van der Waals surface area contributed by atoms with E-state index >= 15 is 0 Å². The first kappa shape index (κ1) is 14.3. The summed E-state index contributed by atoms with van der Waals surface area (Å²) in [5, 5.41) is 4.23. The summed E-state index contributed by atoms with van der Waals surface area (Å²) in [7, 11) is 1.60. The van der Waals surface area contributed by atoms with Gasteiger partial charge in [0, 0.05) is 18.1 Å². The number of ether oxygens (including phenoxy) is 1. The van der Waals surface area contributed by atoms with Gasteiger partial charge in [0.2, 0.25) is 0 Å². The molecule has 2 rings (SSSR count). The third kappa shape index (κ3) is 3.08. The molecule has 5 heteroatoms. The van der Waals surface area contributed by atoms with Gasteiger partial charge in [0.1, 0.15) is 11.6 Å². The number of furan rings is 1. The highest BCUT2D eigenvalue weighted by Crippen LogP contribution is 2.32. The van der Waals surface area contributed by atoms with Crippen LogP contribution in [0.3, 0.4) is 0 Å². The van der Waals surface area contributed by atoms with Gasteiger partial charge in [-0.25, -0.2) is 4.39 Å². The Bertz CT molecular complexity index is 568. The maximum absolute atomic E-state index is 13.5. The molecule has 0 saturated carbocycles. The lowest BCUT2D eigenvalue weighted by molar-refractivity contribution is 0.183. The summed E-state index contributed by atoms with van der Waals surface area (Å²) in [6, 6.07) is 2.69. The molecule has 0 fully saturated rings. The van der Waals surface area contributed by atoms with Crippen molar-refractivity contribution in [3.63, 3.8) is 0 Å². The van der Waals surface area contributed by atoms with Crippen LogP contribution in [0.15, 0.2) is 16.5 Å². The van der Waals surface area contributed by atoms with Gasteiger partial charge in [0.05, 0.1) is 18.2 Å². The summed E-state index contributed by atoms with van der Waals surface area (Å²) in [6.45, 7) is 3.94. The highest BCUT2D eigenvalue weighted by Gasteiger charge is 2.17. The minimum Gasteiger partial charge on any atom is -0.458 e. The SMILES string of the molecule is CCCNCc1oc2c(Cl)cc(F)cc2c1COC. The molecule has 0 aliphatic heterocycles. The summed E-state index contributed by atoms with van der Waals surface area (Å²) in [5.41, 5.74) is 1.37. The Morgan fingerprint density at radius 1 is 1.42 bits per heavy atom. The Hall–Kier alpha value is -1.10. The van der Waals surface area contributed by atoms with Crippen LogP contribution in [0.25, 0.3) is 11.0 Å². The van der Waals surface area contributed by atoms with E-state index in [-0.39, 0.29) is 10.8 Å². The van der Waals surface area contributed by atoms with Crippen LogP contribution in [0, 0.1) is 5.82 Å². The van der Waals surface area contributed by atoms with Crippen LogP contribution < -0.4 is 5.32 Å². The fourth-order valence-corrected chi connectivity index (χ4v) is 2.29. The van der Waals surface area contributed by atoms with Crippen molar-refractivity contribution < 1.29 is 13.5 Å². The van der Waals surface area contributed by atoms with Crippen LogP contribution in [0.4, 0.5) is 4.39 Å². The Morgan fingerprint density at radius 2 is 2.21 bits per heavy atom. The van der Waals surface area contributed by atoms with Gasteiger partial charge in [-0.05, 0) is 25.1 Å². The number of halogens is 2. The molecule has 1 N–H and O–H groups in total. The van der Waals surface area contributed by atoms with E-state index in [0.29, 0.717) is 24.1 Å². The zero-order valence-corrected chi connectivity index (χ0v) is 11.8. The quantitative estimate of drug-likeness (QED) is 0.818. The number of hydrogen-bond acceptors (Lipinski definition) is 3. The molecule has 0 spiro atoms. The van der Waals surface area contributed by atoms with Gasteiger partial charge in [0.15, 0.2) is 5.58 Å². The zero-order valence-electron chi connectivity index (χ0n) is 11.1. The van der Waals surface area contributed by atoms with Gasteiger partial charge < -0.3 is 14.5 Å². The Balaban J connectivity index is 2.44. The normalized spacial score (nSPS) is 11.4. The van der Waals surface area contributed by atoms with Crippen molar-refractivity contribution in [2.24, 2.45) is 0 Å². The number of benzene rings is 1. The van der Waals surface area contributed by atoms with Crippen LogP contribution in [0.2, 0.25) is 5.02 Å². The molecule has 19 heavy (non-hydrogen) atoms. The average Bonchev–Trinajstić information content (AvgIpc) is 2.70. The number of hydrogen-bond donors (Lipinski definition) is 1. The minimum absolute atomic E-state index is 0.286. The van der Waals surface area contributed by atoms with Gasteiger partial charge in [-0.15, -0.1) is 0 Å². The van der Waals surface area contributed by atoms with Crippen LogP contribution >= 0.6 is 11.6 Å². The van der Waals surface area contributed by atoms with Gasteiger partial charge in [0.25, 0.3) is 0 Å². The monoisotopic (exact) mass is 285 g/mol. The van der Waals surface area contributed by atoms with E-state index in [1.54, 1.807) is 7.11 Å². The second-order valence-corrected chi connectivity index (χ2v) is 4.79. The van der Waals surface area contributed by atoms with E-state index in [1.807, 2.05) is 0 Å². The van der Waals surface area contributed by atoms with Crippen molar-refractivity contribution in [2.45, 2.75) is 26.5 Å². The molecule has 2 aromatic rings. The van der Waals surface area contributed by atoms with E-state index < -0.39 is 0 Å². The lowest BCUT2D eigenvalue weighted by Crippen LogP contribution is -2.14. The van der Waals surface area contributed by atoms with Crippen molar-refractivity contribution >= 4 is 22.6 Å². The first-order chi connectivity index (χ1) is 9.17. The predicted octanol–water partition coefficient (Wildman–Crippen LogP) is 3.87. The van der Waals surface area contributed by atoms with Crippen LogP contribution in [-0.2, 0) is 17.9 Å². The molecule has 3 nitrogen and oxygen atoms in total. The molecular formula is C14H17ClFNO2. The largest absolute Gasteiger partial charge is 0.458 e. The number of nitrogens with one attached hydrogen (secondary N) is 1. The summed E-state index contributed by atoms with van der Waals surface area (Å²) in [6.07, 6.45) is 1.04. The van der Waals surface area contributed by atoms with E-state index in [4.69, 9.17) is 20.8 Å². The molecule has 0 saturated heterocycles. The fraction of sp³-hybridized carbons (Fsp3) is 0.429. The van der Waals surface area contributed by atoms with Gasteiger partial charge in [-0.2, -0.15) is 0 Å². The van der Waals surface area contributed by atoms with Crippen molar-refractivity contribution in [3.05, 3.63) is 34.3 Å². The highest BCUT2D eigenvalue weighted by molar-refractivity contribution is 6.34. The molecule has 0 amide bonds. The van der Waals surface area contributed by atoms with Gasteiger partial charge in [-0.1, -0.05) is 18.5 Å². The molecule has 104 valence electrons. The number of rotatable bonds is 6. The van der Waals surface area contributed by atoms with E-state index in [0.717, 1.165) is 24.3 Å². The van der Waals surface area contributed by atoms with Gasteiger partial charge >= 0.3 is 0 Å². The van der Waals surface area contributed by atoms with Crippen molar-refractivity contribution in [1.29, 1.82) is 0 Å². The second-order valence-electron chi connectivity index (χ2n) is 4.38. The van der Waals surface area contributed by atoms with Gasteiger partial charge in [-0.3, -0.25) is 0 Å². The first-order valence-corrected chi connectivity index (χ1v) is 6.64. The maximum Gasteiger partial charge on any atom is 0.153 e. The highest BCUT2D eigenvalue weighted by atomic mass is 35.5. The van der Waals surface area contributed by atoms with Crippen molar-refractivity contribution in [2.75, 3.05) is 13.7 Å². The summed E-state index contributed by atoms with van der Waals surface area (Å²) in [4.78, 5) is 0. The van der Waals surface area contributed by atoms with Crippen LogP contribution in [0.1, 0.15) is 24.7 Å². The standard InChI is InChI=1S/C14H17ClFNO2/c1-3-4-17-7-13-11(8-18-2)10-5-9(16)6-12(15)14(10)19-13/h5-6,17H,3-4,7-8H2,1-2H3.